The zero-order valence-corrected chi connectivity index (χ0v) is 13.3. The van der Waals surface area contributed by atoms with Crippen molar-refractivity contribution in [3.8, 4) is 0 Å². The second-order valence-corrected chi connectivity index (χ2v) is 6.98. The second kappa shape index (κ2) is 5.88. The number of nitrogens with zero attached hydrogens (tertiary/aromatic N) is 2. The molecule has 0 radical (unpaired) electrons. The van der Waals surface area contributed by atoms with Crippen molar-refractivity contribution in [3.05, 3.63) is 17.2 Å². The lowest BCUT2D eigenvalue weighted by molar-refractivity contribution is 0.352. The maximum atomic E-state index is 5.08. The average Bonchev–Trinajstić information content (AvgIpc) is 2.86. The number of fused-ring (bicyclic) bond motifs is 1. The van der Waals surface area contributed by atoms with Crippen molar-refractivity contribution in [2.75, 3.05) is 6.54 Å². The SMILES string of the molecule is CC(C)C(C)n1c(C2CCCCC2)nc2c1CCNC2. The van der Waals surface area contributed by atoms with Gasteiger partial charge in [0.15, 0.2) is 0 Å². The molecular weight excluding hydrogens is 246 g/mol. The molecule has 20 heavy (non-hydrogen) atoms. The molecule has 1 aliphatic heterocycles. The molecule has 2 heterocycles. The first kappa shape index (κ1) is 14.1. The van der Waals surface area contributed by atoms with Crippen LogP contribution >= 0.6 is 0 Å². The maximum absolute atomic E-state index is 5.08. The van der Waals surface area contributed by atoms with Crippen LogP contribution in [0.1, 0.15) is 82.0 Å². The highest BCUT2D eigenvalue weighted by Crippen LogP contribution is 2.36. The Morgan fingerprint density at radius 1 is 1.15 bits per heavy atom. The van der Waals surface area contributed by atoms with Crippen LogP contribution in [0.4, 0.5) is 0 Å². The summed E-state index contributed by atoms with van der Waals surface area (Å²) in [4.78, 5) is 5.08. The summed E-state index contributed by atoms with van der Waals surface area (Å²) in [5.74, 6) is 2.78. The van der Waals surface area contributed by atoms with E-state index in [2.05, 4.69) is 30.7 Å². The van der Waals surface area contributed by atoms with Gasteiger partial charge < -0.3 is 9.88 Å². The first-order valence-electron chi connectivity index (χ1n) is 8.49. The molecule has 1 saturated carbocycles. The van der Waals surface area contributed by atoms with Gasteiger partial charge in [-0.25, -0.2) is 4.98 Å². The summed E-state index contributed by atoms with van der Waals surface area (Å²) >= 11 is 0. The third-order valence-electron chi connectivity index (χ3n) is 5.29. The molecule has 3 heteroatoms. The van der Waals surface area contributed by atoms with Crippen molar-refractivity contribution in [3.63, 3.8) is 0 Å². The van der Waals surface area contributed by atoms with Crippen molar-refractivity contribution in [2.45, 2.75) is 77.8 Å². The average molecular weight is 275 g/mol. The topological polar surface area (TPSA) is 29.9 Å². The first-order valence-corrected chi connectivity index (χ1v) is 8.49. The summed E-state index contributed by atoms with van der Waals surface area (Å²) in [6.45, 7) is 9.12. The van der Waals surface area contributed by atoms with Crippen LogP contribution < -0.4 is 5.32 Å². The second-order valence-electron chi connectivity index (χ2n) is 6.98. The first-order chi connectivity index (χ1) is 9.68. The fourth-order valence-corrected chi connectivity index (χ4v) is 3.76. The molecule has 112 valence electrons. The van der Waals surface area contributed by atoms with Gasteiger partial charge in [-0.1, -0.05) is 33.1 Å². The van der Waals surface area contributed by atoms with Crippen molar-refractivity contribution >= 4 is 0 Å². The predicted molar refractivity (Wildman–Crippen MR) is 83.0 cm³/mol. The molecule has 1 unspecified atom stereocenters. The Hall–Kier alpha value is -0.830. The Morgan fingerprint density at radius 2 is 1.90 bits per heavy atom. The Balaban J connectivity index is 2.00. The molecule has 0 spiro atoms. The van der Waals surface area contributed by atoms with E-state index in [0.717, 1.165) is 19.5 Å². The normalized spacial score (nSPS) is 22.0. The van der Waals surface area contributed by atoms with Crippen LogP contribution in [0.25, 0.3) is 0 Å². The fraction of sp³-hybridized carbons (Fsp3) is 0.824. The molecule has 1 aromatic rings. The van der Waals surface area contributed by atoms with Crippen LogP contribution in [-0.2, 0) is 13.0 Å². The zero-order valence-electron chi connectivity index (χ0n) is 13.3. The van der Waals surface area contributed by atoms with Gasteiger partial charge in [0.05, 0.1) is 5.69 Å². The number of aromatic nitrogens is 2. The Bertz CT molecular complexity index is 455. The lowest BCUT2D eigenvalue weighted by atomic mass is 9.88. The summed E-state index contributed by atoms with van der Waals surface area (Å²) in [6.07, 6.45) is 8.01. The summed E-state index contributed by atoms with van der Waals surface area (Å²) in [5.41, 5.74) is 2.84. The largest absolute Gasteiger partial charge is 0.328 e. The van der Waals surface area contributed by atoms with Crippen LogP contribution in [0, 0.1) is 5.92 Å². The van der Waals surface area contributed by atoms with Crippen LogP contribution in [0.3, 0.4) is 0 Å². The van der Waals surface area contributed by atoms with Gasteiger partial charge in [0.25, 0.3) is 0 Å². The molecule has 3 rings (SSSR count). The number of rotatable bonds is 3. The molecular formula is C17H29N3. The number of hydrogen-bond donors (Lipinski definition) is 1. The van der Waals surface area contributed by atoms with E-state index in [1.54, 1.807) is 0 Å². The molecule has 1 fully saturated rings. The summed E-state index contributed by atoms with van der Waals surface area (Å²) in [7, 11) is 0. The Labute approximate surface area is 123 Å². The summed E-state index contributed by atoms with van der Waals surface area (Å²) in [6, 6.07) is 0.571. The van der Waals surface area contributed by atoms with Gasteiger partial charge in [-0.2, -0.15) is 0 Å². The molecule has 1 N–H and O–H groups in total. The summed E-state index contributed by atoms with van der Waals surface area (Å²) < 4.78 is 2.62. The van der Waals surface area contributed by atoms with E-state index < -0.39 is 0 Å². The number of nitrogens with one attached hydrogen (secondary N) is 1. The van der Waals surface area contributed by atoms with Crippen molar-refractivity contribution in [1.29, 1.82) is 0 Å². The number of hydrogen-bond acceptors (Lipinski definition) is 2. The van der Waals surface area contributed by atoms with Gasteiger partial charge in [-0.3, -0.25) is 0 Å². The predicted octanol–water partition coefficient (Wildman–Crippen LogP) is 3.79. The van der Waals surface area contributed by atoms with E-state index in [9.17, 15) is 0 Å². The van der Waals surface area contributed by atoms with E-state index in [1.165, 1.54) is 49.3 Å². The molecule has 1 aromatic heterocycles. The van der Waals surface area contributed by atoms with E-state index in [0.29, 0.717) is 17.9 Å². The molecule has 1 atom stereocenters. The minimum absolute atomic E-state index is 0.571. The lowest BCUT2D eigenvalue weighted by Crippen LogP contribution is -2.27. The van der Waals surface area contributed by atoms with Crippen molar-refractivity contribution < 1.29 is 0 Å². The van der Waals surface area contributed by atoms with Crippen LogP contribution in [0.15, 0.2) is 0 Å². The van der Waals surface area contributed by atoms with Gasteiger partial charge in [0.2, 0.25) is 0 Å². The van der Waals surface area contributed by atoms with Crippen molar-refractivity contribution in [2.24, 2.45) is 5.92 Å². The van der Waals surface area contributed by atoms with E-state index in [4.69, 9.17) is 4.98 Å². The quantitative estimate of drug-likeness (QED) is 0.909. The van der Waals surface area contributed by atoms with Gasteiger partial charge in [0, 0.05) is 37.2 Å². The highest BCUT2D eigenvalue weighted by atomic mass is 15.1. The highest BCUT2D eigenvalue weighted by Gasteiger charge is 2.28. The third-order valence-corrected chi connectivity index (χ3v) is 5.29. The van der Waals surface area contributed by atoms with E-state index in [1.807, 2.05) is 0 Å². The minimum atomic E-state index is 0.571. The molecule has 0 amide bonds. The molecule has 0 aromatic carbocycles. The lowest BCUT2D eigenvalue weighted by Gasteiger charge is -2.28. The summed E-state index contributed by atoms with van der Waals surface area (Å²) in [5, 5.41) is 3.48. The molecule has 2 aliphatic rings. The van der Waals surface area contributed by atoms with Crippen molar-refractivity contribution in [1.82, 2.24) is 14.9 Å². The number of imidazole rings is 1. The van der Waals surface area contributed by atoms with E-state index in [-0.39, 0.29) is 0 Å². The van der Waals surface area contributed by atoms with Gasteiger partial charge in [-0.15, -0.1) is 0 Å². The fourth-order valence-electron chi connectivity index (χ4n) is 3.76. The maximum Gasteiger partial charge on any atom is 0.112 e. The monoisotopic (exact) mass is 275 g/mol. The molecule has 0 bridgehead atoms. The van der Waals surface area contributed by atoms with Gasteiger partial charge in [-0.05, 0) is 25.7 Å². The smallest absolute Gasteiger partial charge is 0.112 e. The van der Waals surface area contributed by atoms with E-state index >= 15 is 0 Å². The third kappa shape index (κ3) is 2.52. The van der Waals surface area contributed by atoms with Crippen LogP contribution in [0.5, 0.6) is 0 Å². The molecule has 0 saturated heterocycles. The highest BCUT2D eigenvalue weighted by molar-refractivity contribution is 5.23. The molecule has 3 nitrogen and oxygen atoms in total. The van der Waals surface area contributed by atoms with Crippen LogP contribution in [0.2, 0.25) is 0 Å². The Morgan fingerprint density at radius 3 is 2.60 bits per heavy atom. The van der Waals surface area contributed by atoms with Gasteiger partial charge >= 0.3 is 0 Å². The molecule has 1 aliphatic carbocycles. The zero-order chi connectivity index (χ0) is 14.1. The standard InChI is InChI=1S/C17H29N3/c1-12(2)13(3)20-16-9-10-18-11-15(16)19-17(20)14-7-5-4-6-8-14/h12-14,18H,4-11H2,1-3H3. The Kier molecular flexibility index (Phi) is 4.16. The minimum Gasteiger partial charge on any atom is -0.328 e. The van der Waals surface area contributed by atoms with Gasteiger partial charge in [0.1, 0.15) is 5.82 Å². The van der Waals surface area contributed by atoms with Crippen LogP contribution in [-0.4, -0.2) is 16.1 Å².